The van der Waals surface area contributed by atoms with Gasteiger partial charge in [0, 0.05) is 5.92 Å². The largest absolute Gasteiger partial charge is 0.378 e. The fourth-order valence-electron chi connectivity index (χ4n) is 4.50. The minimum atomic E-state index is 0.517. The Labute approximate surface area is 154 Å². The third kappa shape index (κ3) is 5.45. The summed E-state index contributed by atoms with van der Waals surface area (Å²) in [5, 5.41) is 0. The van der Waals surface area contributed by atoms with Crippen LogP contribution in [-0.4, -0.2) is 12.7 Å². The standard InChI is InChI=1S/C24H36O/c1-3-5-19-8-13-22(14-9-19)23-15-10-20(11-16-23)6-7-21-12-17-24(4-2)25-18-21/h6-9,13-14,20-21,23-24H,3-5,10-12,15-18H2,1-2H3/b7-6+. The minimum absolute atomic E-state index is 0.517. The van der Waals surface area contributed by atoms with Gasteiger partial charge in [0.2, 0.25) is 0 Å². The van der Waals surface area contributed by atoms with Gasteiger partial charge in [0.15, 0.2) is 0 Å². The molecule has 1 heteroatoms. The van der Waals surface area contributed by atoms with Crippen molar-refractivity contribution >= 4 is 0 Å². The van der Waals surface area contributed by atoms with Crippen molar-refractivity contribution in [3.8, 4) is 0 Å². The highest BCUT2D eigenvalue weighted by molar-refractivity contribution is 5.26. The molecule has 1 aromatic rings. The first-order chi connectivity index (χ1) is 12.3. The van der Waals surface area contributed by atoms with E-state index in [1.807, 2.05) is 0 Å². The zero-order chi connectivity index (χ0) is 17.5. The lowest BCUT2D eigenvalue weighted by atomic mass is 9.78. The van der Waals surface area contributed by atoms with Crippen LogP contribution in [0.25, 0.3) is 0 Å². The molecule has 1 aliphatic heterocycles. The van der Waals surface area contributed by atoms with Crippen molar-refractivity contribution in [1.29, 1.82) is 0 Å². The Morgan fingerprint density at radius 3 is 2.16 bits per heavy atom. The normalized spacial score (nSPS) is 30.6. The number of hydrogen-bond donors (Lipinski definition) is 0. The Balaban J connectivity index is 1.43. The molecule has 25 heavy (non-hydrogen) atoms. The summed E-state index contributed by atoms with van der Waals surface area (Å²) < 4.78 is 5.93. The minimum Gasteiger partial charge on any atom is -0.378 e. The molecule has 0 radical (unpaired) electrons. The predicted molar refractivity (Wildman–Crippen MR) is 107 cm³/mol. The second-order valence-electron chi connectivity index (χ2n) is 8.19. The third-order valence-electron chi connectivity index (χ3n) is 6.28. The van der Waals surface area contributed by atoms with Crippen molar-refractivity contribution in [2.45, 2.75) is 83.7 Å². The molecule has 2 fully saturated rings. The maximum absolute atomic E-state index is 5.93. The zero-order valence-corrected chi connectivity index (χ0v) is 16.3. The molecule has 0 amide bonds. The fourth-order valence-corrected chi connectivity index (χ4v) is 4.50. The third-order valence-corrected chi connectivity index (χ3v) is 6.28. The van der Waals surface area contributed by atoms with Gasteiger partial charge in [-0.15, -0.1) is 0 Å². The van der Waals surface area contributed by atoms with E-state index in [9.17, 15) is 0 Å². The SMILES string of the molecule is CCCc1ccc(C2CCC(/C=C/C3CCC(CC)OC3)CC2)cc1. The van der Waals surface area contributed by atoms with Crippen molar-refractivity contribution in [2.75, 3.05) is 6.61 Å². The monoisotopic (exact) mass is 340 g/mol. The molecule has 1 saturated carbocycles. The predicted octanol–water partition coefficient (Wildman–Crippen LogP) is 6.67. The van der Waals surface area contributed by atoms with Crippen molar-refractivity contribution in [2.24, 2.45) is 11.8 Å². The highest BCUT2D eigenvalue weighted by Crippen LogP contribution is 2.36. The zero-order valence-electron chi connectivity index (χ0n) is 16.3. The lowest BCUT2D eigenvalue weighted by Gasteiger charge is -2.29. The van der Waals surface area contributed by atoms with Crippen molar-refractivity contribution in [3.63, 3.8) is 0 Å². The van der Waals surface area contributed by atoms with E-state index < -0.39 is 0 Å². The van der Waals surface area contributed by atoms with Gasteiger partial charge in [-0.05, 0) is 74.3 Å². The number of ether oxygens (including phenoxy) is 1. The Bertz CT molecular complexity index is 514. The maximum Gasteiger partial charge on any atom is 0.0573 e. The van der Waals surface area contributed by atoms with E-state index in [1.54, 1.807) is 5.56 Å². The molecular formula is C24H36O. The van der Waals surface area contributed by atoms with Gasteiger partial charge in [-0.3, -0.25) is 0 Å². The quantitative estimate of drug-likeness (QED) is 0.525. The molecule has 1 saturated heterocycles. The molecule has 1 aromatic carbocycles. The van der Waals surface area contributed by atoms with Crippen LogP contribution in [0.1, 0.15) is 82.3 Å². The lowest BCUT2D eigenvalue weighted by Crippen LogP contribution is -2.24. The second kappa shape index (κ2) is 9.57. The van der Waals surface area contributed by atoms with Gasteiger partial charge in [-0.25, -0.2) is 0 Å². The Morgan fingerprint density at radius 1 is 0.880 bits per heavy atom. The van der Waals surface area contributed by atoms with Gasteiger partial charge in [-0.2, -0.15) is 0 Å². The molecule has 0 N–H and O–H groups in total. The smallest absolute Gasteiger partial charge is 0.0573 e. The summed E-state index contributed by atoms with van der Waals surface area (Å²) in [7, 11) is 0. The first-order valence-corrected chi connectivity index (χ1v) is 10.7. The van der Waals surface area contributed by atoms with Gasteiger partial charge in [0.25, 0.3) is 0 Å². The fraction of sp³-hybridized carbons (Fsp3) is 0.667. The van der Waals surface area contributed by atoms with E-state index in [1.165, 1.54) is 63.4 Å². The molecule has 2 aliphatic rings. The van der Waals surface area contributed by atoms with E-state index >= 15 is 0 Å². The van der Waals surface area contributed by atoms with E-state index in [2.05, 4.69) is 50.3 Å². The molecule has 138 valence electrons. The van der Waals surface area contributed by atoms with Gasteiger partial charge >= 0.3 is 0 Å². The summed E-state index contributed by atoms with van der Waals surface area (Å²) in [6, 6.07) is 9.46. The summed E-state index contributed by atoms with van der Waals surface area (Å²) in [6.07, 6.45) is 17.1. The summed E-state index contributed by atoms with van der Waals surface area (Å²) in [6.45, 7) is 5.43. The summed E-state index contributed by atoms with van der Waals surface area (Å²) >= 11 is 0. The Kier molecular flexibility index (Phi) is 7.16. The molecule has 1 nitrogen and oxygen atoms in total. The van der Waals surface area contributed by atoms with Crippen molar-refractivity contribution in [1.82, 2.24) is 0 Å². The number of allylic oxidation sites excluding steroid dienone is 1. The number of benzene rings is 1. The summed E-state index contributed by atoms with van der Waals surface area (Å²) in [5.41, 5.74) is 3.05. The topological polar surface area (TPSA) is 9.23 Å². The average Bonchev–Trinajstić information content (AvgIpc) is 2.68. The van der Waals surface area contributed by atoms with Crippen LogP contribution in [0.3, 0.4) is 0 Å². The molecule has 0 spiro atoms. The summed E-state index contributed by atoms with van der Waals surface area (Å²) in [4.78, 5) is 0. The molecule has 2 unspecified atom stereocenters. The molecule has 1 heterocycles. The van der Waals surface area contributed by atoms with Gasteiger partial charge in [-0.1, -0.05) is 56.7 Å². The van der Waals surface area contributed by atoms with Crippen LogP contribution < -0.4 is 0 Å². The van der Waals surface area contributed by atoms with Crippen molar-refractivity contribution in [3.05, 3.63) is 47.5 Å². The first kappa shape index (κ1) is 18.7. The molecule has 0 bridgehead atoms. The Morgan fingerprint density at radius 2 is 1.56 bits per heavy atom. The van der Waals surface area contributed by atoms with Crippen LogP contribution in [0.2, 0.25) is 0 Å². The van der Waals surface area contributed by atoms with E-state index in [0.29, 0.717) is 12.0 Å². The Hall–Kier alpha value is -1.08. The molecule has 2 atom stereocenters. The number of aryl methyl sites for hydroxylation is 1. The van der Waals surface area contributed by atoms with Crippen LogP contribution >= 0.6 is 0 Å². The summed E-state index contributed by atoms with van der Waals surface area (Å²) in [5.74, 6) is 2.23. The first-order valence-electron chi connectivity index (χ1n) is 10.7. The van der Waals surface area contributed by atoms with Crippen LogP contribution in [0.15, 0.2) is 36.4 Å². The molecule has 3 rings (SSSR count). The van der Waals surface area contributed by atoms with Crippen LogP contribution in [-0.2, 0) is 11.2 Å². The number of hydrogen-bond acceptors (Lipinski definition) is 1. The van der Waals surface area contributed by atoms with Gasteiger partial charge < -0.3 is 4.74 Å². The van der Waals surface area contributed by atoms with Gasteiger partial charge in [0.05, 0.1) is 12.7 Å². The highest BCUT2D eigenvalue weighted by Gasteiger charge is 2.22. The lowest BCUT2D eigenvalue weighted by molar-refractivity contribution is -0.00550. The van der Waals surface area contributed by atoms with E-state index in [-0.39, 0.29) is 0 Å². The van der Waals surface area contributed by atoms with Crippen LogP contribution in [0.5, 0.6) is 0 Å². The number of rotatable bonds is 6. The van der Waals surface area contributed by atoms with E-state index in [0.717, 1.165) is 18.4 Å². The van der Waals surface area contributed by atoms with Gasteiger partial charge in [0.1, 0.15) is 0 Å². The molecule has 0 aromatic heterocycles. The average molecular weight is 341 g/mol. The van der Waals surface area contributed by atoms with Crippen LogP contribution in [0.4, 0.5) is 0 Å². The van der Waals surface area contributed by atoms with Crippen molar-refractivity contribution < 1.29 is 4.74 Å². The van der Waals surface area contributed by atoms with E-state index in [4.69, 9.17) is 4.74 Å². The van der Waals surface area contributed by atoms with Crippen LogP contribution in [0, 0.1) is 11.8 Å². The molecule has 1 aliphatic carbocycles. The second-order valence-corrected chi connectivity index (χ2v) is 8.19. The maximum atomic E-state index is 5.93. The molecular weight excluding hydrogens is 304 g/mol. The highest BCUT2D eigenvalue weighted by atomic mass is 16.5.